The third-order valence-electron chi connectivity index (χ3n) is 7.88. The second-order valence-corrected chi connectivity index (χ2v) is 10.4. The van der Waals surface area contributed by atoms with Crippen LogP contribution in [0.5, 0.6) is 5.75 Å². The topological polar surface area (TPSA) is 152 Å². The van der Waals surface area contributed by atoms with E-state index in [9.17, 15) is 29.4 Å². The molecule has 42 heavy (non-hydrogen) atoms. The molecule has 3 heterocycles. The molecule has 0 aliphatic carbocycles. The van der Waals surface area contributed by atoms with Crippen LogP contribution in [0.3, 0.4) is 0 Å². The van der Waals surface area contributed by atoms with Crippen LogP contribution in [0.2, 0.25) is 0 Å². The maximum absolute atomic E-state index is 14.2. The van der Waals surface area contributed by atoms with Crippen molar-refractivity contribution in [1.29, 1.82) is 0 Å². The minimum Gasteiger partial charge on any atom is -0.497 e. The molecule has 4 amide bonds. The lowest BCUT2D eigenvalue weighted by Crippen LogP contribution is -2.48. The van der Waals surface area contributed by atoms with Crippen molar-refractivity contribution >= 4 is 40.4 Å². The average Bonchev–Trinajstić information content (AvgIpc) is 3.48. The number of fused-ring (bicyclic) bond motifs is 4. The summed E-state index contributed by atoms with van der Waals surface area (Å²) in [5, 5.41) is 22.6. The van der Waals surface area contributed by atoms with Crippen LogP contribution in [-0.4, -0.2) is 69.2 Å². The van der Waals surface area contributed by atoms with Gasteiger partial charge in [-0.05, 0) is 48.4 Å². The van der Waals surface area contributed by atoms with E-state index in [2.05, 4.69) is 10.3 Å². The van der Waals surface area contributed by atoms with Gasteiger partial charge in [0.1, 0.15) is 17.8 Å². The van der Waals surface area contributed by atoms with Crippen molar-refractivity contribution in [2.75, 3.05) is 12.0 Å². The summed E-state index contributed by atoms with van der Waals surface area (Å²) in [4.78, 5) is 59.2. The smallest absolute Gasteiger partial charge is 0.332 e. The van der Waals surface area contributed by atoms with Gasteiger partial charge in [-0.1, -0.05) is 42.5 Å². The van der Waals surface area contributed by atoms with E-state index >= 15 is 0 Å². The number of carbonyl (C=O) groups excluding carboxylic acids is 3. The lowest BCUT2D eigenvalue weighted by molar-refractivity contribution is -0.141. The molecule has 4 N–H and O–H groups in total. The van der Waals surface area contributed by atoms with Gasteiger partial charge in [0.05, 0.1) is 24.5 Å². The molecule has 1 saturated heterocycles. The SMILES string of the molecule is COc1cccc([C@@H]2c3[nH]c4ccccc4c3C[C@H]3C(=O)N(c4ccccc4C(=O)N[C@H](C(=O)O)[C@H](C)O)C(=O)N23)c1. The zero-order chi connectivity index (χ0) is 29.7. The highest BCUT2D eigenvalue weighted by Crippen LogP contribution is 2.45. The number of para-hydroxylation sites is 2. The number of methoxy groups -OCH3 is 1. The Morgan fingerprint density at radius 3 is 2.52 bits per heavy atom. The molecule has 2 aliphatic heterocycles. The molecule has 4 atom stereocenters. The zero-order valence-electron chi connectivity index (χ0n) is 22.8. The van der Waals surface area contributed by atoms with Crippen LogP contribution in [0.4, 0.5) is 10.5 Å². The Kier molecular flexibility index (Phi) is 6.66. The first kappa shape index (κ1) is 27.0. The summed E-state index contributed by atoms with van der Waals surface area (Å²) < 4.78 is 5.45. The predicted octanol–water partition coefficient (Wildman–Crippen LogP) is 3.22. The van der Waals surface area contributed by atoms with Crippen LogP contribution < -0.4 is 15.0 Å². The molecule has 0 radical (unpaired) electrons. The fourth-order valence-electron chi connectivity index (χ4n) is 5.92. The number of aromatic nitrogens is 1. The van der Waals surface area contributed by atoms with Crippen molar-refractivity contribution < 1.29 is 34.1 Å². The number of ether oxygens (including phenoxy) is 1. The molecule has 11 heteroatoms. The first-order valence-corrected chi connectivity index (χ1v) is 13.4. The second-order valence-electron chi connectivity index (χ2n) is 10.4. The van der Waals surface area contributed by atoms with E-state index in [1.54, 1.807) is 25.3 Å². The highest BCUT2D eigenvalue weighted by molar-refractivity contribution is 6.24. The molecule has 1 fully saturated rings. The molecule has 1 aromatic heterocycles. The van der Waals surface area contributed by atoms with E-state index in [-0.39, 0.29) is 17.7 Å². The predicted molar refractivity (Wildman–Crippen MR) is 152 cm³/mol. The summed E-state index contributed by atoms with van der Waals surface area (Å²) in [6.45, 7) is 1.24. The number of amides is 4. The molecule has 0 unspecified atom stereocenters. The van der Waals surface area contributed by atoms with Crippen LogP contribution >= 0.6 is 0 Å². The van der Waals surface area contributed by atoms with E-state index in [1.807, 2.05) is 42.5 Å². The van der Waals surface area contributed by atoms with Crippen LogP contribution in [-0.2, 0) is 16.0 Å². The minimum atomic E-state index is -1.59. The zero-order valence-corrected chi connectivity index (χ0v) is 22.8. The normalized spacial score (nSPS) is 19.3. The Hall–Kier alpha value is -5.16. The fraction of sp³-hybridized carbons (Fsp3) is 0.226. The van der Waals surface area contributed by atoms with Gasteiger partial charge >= 0.3 is 12.0 Å². The number of carbonyl (C=O) groups is 4. The number of rotatable bonds is 7. The highest BCUT2D eigenvalue weighted by atomic mass is 16.5. The molecule has 0 spiro atoms. The van der Waals surface area contributed by atoms with Crippen LogP contribution in [0.1, 0.15) is 40.1 Å². The number of aromatic amines is 1. The first-order chi connectivity index (χ1) is 20.2. The van der Waals surface area contributed by atoms with Crippen molar-refractivity contribution in [2.24, 2.45) is 0 Å². The van der Waals surface area contributed by atoms with Crippen LogP contribution in [0, 0.1) is 0 Å². The summed E-state index contributed by atoms with van der Waals surface area (Å²) >= 11 is 0. The lowest BCUT2D eigenvalue weighted by atomic mass is 9.89. The molecule has 11 nitrogen and oxygen atoms in total. The van der Waals surface area contributed by atoms with E-state index in [0.29, 0.717) is 5.75 Å². The van der Waals surface area contributed by atoms with Crippen molar-refractivity contribution in [1.82, 2.24) is 15.2 Å². The minimum absolute atomic E-state index is 0.0204. The van der Waals surface area contributed by atoms with E-state index in [0.717, 1.165) is 32.6 Å². The number of aliphatic carboxylic acids is 1. The Labute approximate surface area is 240 Å². The van der Waals surface area contributed by atoms with Crippen LogP contribution in [0.15, 0.2) is 72.8 Å². The fourth-order valence-corrected chi connectivity index (χ4v) is 5.92. The third kappa shape index (κ3) is 4.25. The largest absolute Gasteiger partial charge is 0.497 e. The number of H-pyrrole nitrogens is 1. The number of anilines is 1. The number of imide groups is 1. The van der Waals surface area contributed by atoms with Crippen molar-refractivity contribution in [3.8, 4) is 5.75 Å². The average molecular weight is 569 g/mol. The maximum Gasteiger partial charge on any atom is 0.332 e. The van der Waals surface area contributed by atoms with Gasteiger partial charge in [0.25, 0.3) is 11.8 Å². The van der Waals surface area contributed by atoms with Gasteiger partial charge in [-0.25, -0.2) is 14.5 Å². The Morgan fingerprint density at radius 2 is 1.79 bits per heavy atom. The summed E-state index contributed by atoms with van der Waals surface area (Å²) in [6.07, 6.45) is -1.12. The highest BCUT2D eigenvalue weighted by Gasteiger charge is 2.53. The van der Waals surface area contributed by atoms with Gasteiger partial charge in [-0.15, -0.1) is 0 Å². The molecular formula is C31H28N4O7. The molecule has 4 aromatic rings. The molecule has 2 aliphatic rings. The quantitative estimate of drug-likeness (QED) is 0.250. The second kappa shape index (κ2) is 10.3. The number of urea groups is 1. The third-order valence-corrected chi connectivity index (χ3v) is 7.88. The summed E-state index contributed by atoms with van der Waals surface area (Å²) in [7, 11) is 1.55. The molecule has 214 valence electrons. The molecule has 0 saturated carbocycles. The van der Waals surface area contributed by atoms with Gasteiger partial charge in [-0.2, -0.15) is 0 Å². The molecule has 6 rings (SSSR count). The number of nitrogens with zero attached hydrogens (tertiary/aromatic N) is 2. The number of carboxylic acid groups (broad SMARTS) is 1. The summed E-state index contributed by atoms with van der Waals surface area (Å²) in [6, 6.07) is 17.4. The number of benzene rings is 3. The number of nitrogens with one attached hydrogen (secondary N) is 2. The van der Waals surface area contributed by atoms with E-state index in [4.69, 9.17) is 4.74 Å². The Balaban J connectivity index is 1.45. The number of aliphatic hydroxyl groups is 1. The molecular weight excluding hydrogens is 540 g/mol. The van der Waals surface area contributed by atoms with Crippen molar-refractivity contribution in [3.63, 3.8) is 0 Å². The van der Waals surface area contributed by atoms with Gasteiger partial charge in [0, 0.05) is 23.0 Å². The van der Waals surface area contributed by atoms with Crippen molar-refractivity contribution in [3.05, 3.63) is 95.2 Å². The molecule has 3 aromatic carbocycles. The van der Waals surface area contributed by atoms with Gasteiger partial charge in [0.15, 0.2) is 6.04 Å². The van der Waals surface area contributed by atoms with Gasteiger partial charge < -0.3 is 25.3 Å². The van der Waals surface area contributed by atoms with Gasteiger partial charge in [0.2, 0.25) is 0 Å². The number of aliphatic hydroxyl groups excluding tert-OH is 1. The van der Waals surface area contributed by atoms with Gasteiger partial charge in [-0.3, -0.25) is 14.5 Å². The van der Waals surface area contributed by atoms with Crippen molar-refractivity contribution in [2.45, 2.75) is 37.6 Å². The summed E-state index contributed by atoms with van der Waals surface area (Å²) in [5.41, 5.74) is 3.29. The number of hydrogen-bond donors (Lipinski definition) is 4. The molecule has 0 bridgehead atoms. The lowest BCUT2D eigenvalue weighted by Gasteiger charge is -2.36. The Morgan fingerprint density at radius 1 is 1.05 bits per heavy atom. The number of carboxylic acids is 1. The number of hydrogen-bond acceptors (Lipinski definition) is 6. The maximum atomic E-state index is 14.2. The monoisotopic (exact) mass is 568 g/mol. The van der Waals surface area contributed by atoms with Crippen LogP contribution in [0.25, 0.3) is 10.9 Å². The standard InChI is InChI=1S/C31H28N4O7/c1-16(36)25(30(39)40)33-28(37)20-11-4-6-13-23(20)35-29(38)24-15-21-19-10-3-5-12-22(19)32-26(21)27(34(24)31(35)41)17-8-7-9-18(14-17)42-2/h3-14,16,24-25,27,32,36H,15H2,1-2H3,(H,33,37)(H,39,40)/t16-,24-,25-,27+/m0/s1. The summed E-state index contributed by atoms with van der Waals surface area (Å²) in [5.74, 6) is -2.18. The first-order valence-electron chi connectivity index (χ1n) is 13.4. The Bertz CT molecular complexity index is 1750. The van der Waals surface area contributed by atoms with E-state index < -0.39 is 48.0 Å². The van der Waals surface area contributed by atoms with E-state index in [1.165, 1.54) is 24.0 Å².